The number of halogens is 2. The summed E-state index contributed by atoms with van der Waals surface area (Å²) in [5.41, 5.74) is 6.44. The lowest BCUT2D eigenvalue weighted by atomic mass is 10.2. The summed E-state index contributed by atoms with van der Waals surface area (Å²) in [6, 6.07) is 4.28. The standard InChI is InChI=1S/C12H11BrFN3O/c1-2-10-11(15)16-6-17-12(10)18-9-4-7(13)3-8(14)5-9/h3-6H,2H2,1H3,(H2,15,16,17). The van der Waals surface area contributed by atoms with Crippen molar-refractivity contribution in [1.82, 2.24) is 9.97 Å². The van der Waals surface area contributed by atoms with Gasteiger partial charge in [-0.1, -0.05) is 22.9 Å². The highest BCUT2D eigenvalue weighted by atomic mass is 79.9. The molecule has 0 unspecified atom stereocenters. The van der Waals surface area contributed by atoms with Crippen molar-refractivity contribution in [2.45, 2.75) is 13.3 Å². The maximum atomic E-state index is 13.2. The molecule has 0 amide bonds. The van der Waals surface area contributed by atoms with E-state index in [4.69, 9.17) is 10.5 Å². The first-order chi connectivity index (χ1) is 8.60. The van der Waals surface area contributed by atoms with Crippen LogP contribution >= 0.6 is 15.9 Å². The Bertz CT molecular complexity index is 557. The third-order valence-electron chi connectivity index (χ3n) is 2.34. The number of hydrogen-bond donors (Lipinski definition) is 1. The molecular weight excluding hydrogens is 301 g/mol. The number of hydrogen-bond acceptors (Lipinski definition) is 4. The Hall–Kier alpha value is -1.69. The Balaban J connectivity index is 2.36. The Kier molecular flexibility index (Phi) is 3.76. The van der Waals surface area contributed by atoms with Gasteiger partial charge in [0, 0.05) is 10.5 Å². The molecule has 4 nitrogen and oxygen atoms in total. The fourth-order valence-electron chi connectivity index (χ4n) is 1.53. The van der Waals surface area contributed by atoms with Crippen molar-refractivity contribution in [3.8, 4) is 11.6 Å². The van der Waals surface area contributed by atoms with Crippen molar-refractivity contribution in [3.05, 3.63) is 40.4 Å². The Morgan fingerprint density at radius 2 is 2.11 bits per heavy atom. The zero-order chi connectivity index (χ0) is 13.1. The minimum absolute atomic E-state index is 0.350. The van der Waals surface area contributed by atoms with Gasteiger partial charge in [-0.2, -0.15) is 0 Å². The van der Waals surface area contributed by atoms with Crippen molar-refractivity contribution >= 4 is 21.7 Å². The van der Waals surface area contributed by atoms with Crippen LogP contribution in [0.3, 0.4) is 0 Å². The fraction of sp³-hybridized carbons (Fsp3) is 0.167. The third-order valence-corrected chi connectivity index (χ3v) is 2.80. The van der Waals surface area contributed by atoms with Gasteiger partial charge < -0.3 is 10.5 Å². The van der Waals surface area contributed by atoms with Gasteiger partial charge in [0.25, 0.3) is 0 Å². The number of aromatic nitrogens is 2. The molecule has 2 rings (SSSR count). The van der Waals surface area contributed by atoms with E-state index in [0.29, 0.717) is 33.9 Å². The molecule has 0 fully saturated rings. The number of ether oxygens (including phenoxy) is 1. The van der Waals surface area contributed by atoms with E-state index in [0.717, 1.165) is 0 Å². The lowest BCUT2D eigenvalue weighted by Crippen LogP contribution is -2.01. The van der Waals surface area contributed by atoms with Crippen LogP contribution in [0.5, 0.6) is 11.6 Å². The summed E-state index contributed by atoms with van der Waals surface area (Å²) in [7, 11) is 0. The molecule has 2 N–H and O–H groups in total. The van der Waals surface area contributed by atoms with Gasteiger partial charge in [-0.3, -0.25) is 0 Å². The Morgan fingerprint density at radius 3 is 2.78 bits per heavy atom. The summed E-state index contributed by atoms with van der Waals surface area (Å²) in [6.07, 6.45) is 1.96. The first kappa shape index (κ1) is 12.8. The molecule has 0 saturated carbocycles. The highest BCUT2D eigenvalue weighted by Gasteiger charge is 2.10. The van der Waals surface area contributed by atoms with Crippen molar-refractivity contribution in [2.75, 3.05) is 5.73 Å². The van der Waals surface area contributed by atoms with Crippen LogP contribution in [0.1, 0.15) is 12.5 Å². The number of rotatable bonds is 3. The summed E-state index contributed by atoms with van der Waals surface area (Å²) in [5.74, 6) is 0.689. The highest BCUT2D eigenvalue weighted by molar-refractivity contribution is 9.10. The monoisotopic (exact) mass is 311 g/mol. The first-order valence-electron chi connectivity index (χ1n) is 5.33. The molecule has 0 radical (unpaired) electrons. The summed E-state index contributed by atoms with van der Waals surface area (Å²) in [4.78, 5) is 7.90. The molecule has 94 valence electrons. The summed E-state index contributed by atoms with van der Waals surface area (Å²) < 4.78 is 19.4. The third kappa shape index (κ3) is 2.76. The number of benzene rings is 1. The van der Waals surface area contributed by atoms with E-state index in [9.17, 15) is 4.39 Å². The van der Waals surface area contributed by atoms with E-state index in [2.05, 4.69) is 25.9 Å². The van der Waals surface area contributed by atoms with Gasteiger partial charge in [-0.15, -0.1) is 0 Å². The topological polar surface area (TPSA) is 61.0 Å². The Morgan fingerprint density at radius 1 is 1.33 bits per heavy atom. The van der Waals surface area contributed by atoms with Crippen LogP contribution in [0.15, 0.2) is 29.0 Å². The summed E-state index contributed by atoms with van der Waals surface area (Å²) in [5, 5.41) is 0. The maximum absolute atomic E-state index is 13.2. The first-order valence-corrected chi connectivity index (χ1v) is 6.12. The van der Waals surface area contributed by atoms with Gasteiger partial charge in [0.2, 0.25) is 5.88 Å². The fourth-order valence-corrected chi connectivity index (χ4v) is 1.97. The second-order valence-electron chi connectivity index (χ2n) is 3.60. The SMILES string of the molecule is CCc1c(N)ncnc1Oc1cc(F)cc(Br)c1. The summed E-state index contributed by atoms with van der Waals surface area (Å²) >= 11 is 3.20. The van der Waals surface area contributed by atoms with Crippen molar-refractivity contribution in [3.63, 3.8) is 0 Å². The van der Waals surface area contributed by atoms with Crippen molar-refractivity contribution < 1.29 is 9.13 Å². The number of anilines is 1. The van der Waals surface area contributed by atoms with E-state index in [1.165, 1.54) is 18.5 Å². The lowest BCUT2D eigenvalue weighted by Gasteiger charge is -2.10. The average Bonchev–Trinajstić information content (AvgIpc) is 2.27. The molecule has 0 aliphatic rings. The second-order valence-corrected chi connectivity index (χ2v) is 4.52. The largest absolute Gasteiger partial charge is 0.438 e. The van der Waals surface area contributed by atoms with Gasteiger partial charge in [0.15, 0.2) is 0 Å². The van der Waals surface area contributed by atoms with E-state index >= 15 is 0 Å². The van der Waals surface area contributed by atoms with Crippen LogP contribution in [-0.2, 0) is 6.42 Å². The van der Waals surface area contributed by atoms with Gasteiger partial charge in [-0.05, 0) is 18.6 Å². The predicted octanol–water partition coefficient (Wildman–Crippen LogP) is 3.32. The predicted molar refractivity (Wildman–Crippen MR) is 70.0 cm³/mol. The lowest BCUT2D eigenvalue weighted by molar-refractivity contribution is 0.451. The molecule has 6 heteroatoms. The van der Waals surface area contributed by atoms with Crippen LogP contribution in [0, 0.1) is 5.82 Å². The van der Waals surface area contributed by atoms with Crippen molar-refractivity contribution in [1.29, 1.82) is 0 Å². The van der Waals surface area contributed by atoms with Gasteiger partial charge >= 0.3 is 0 Å². The van der Waals surface area contributed by atoms with E-state index < -0.39 is 0 Å². The zero-order valence-electron chi connectivity index (χ0n) is 9.65. The number of nitrogens with zero attached hydrogens (tertiary/aromatic N) is 2. The normalized spacial score (nSPS) is 10.4. The van der Waals surface area contributed by atoms with Gasteiger partial charge in [-0.25, -0.2) is 14.4 Å². The van der Waals surface area contributed by atoms with Crippen LogP contribution in [0.25, 0.3) is 0 Å². The molecule has 0 atom stereocenters. The zero-order valence-corrected chi connectivity index (χ0v) is 11.2. The minimum Gasteiger partial charge on any atom is -0.438 e. The minimum atomic E-state index is -0.389. The van der Waals surface area contributed by atoms with Gasteiger partial charge in [0.1, 0.15) is 23.7 Å². The smallest absolute Gasteiger partial charge is 0.227 e. The second kappa shape index (κ2) is 5.30. The molecule has 0 spiro atoms. The van der Waals surface area contributed by atoms with Crippen LogP contribution in [0.4, 0.5) is 10.2 Å². The van der Waals surface area contributed by atoms with Crippen LogP contribution < -0.4 is 10.5 Å². The average molecular weight is 312 g/mol. The number of nitrogens with two attached hydrogens (primary N) is 1. The molecule has 1 aromatic carbocycles. The molecule has 1 aromatic heterocycles. The molecule has 0 saturated heterocycles. The molecule has 0 aliphatic carbocycles. The summed E-state index contributed by atoms with van der Waals surface area (Å²) in [6.45, 7) is 1.92. The van der Waals surface area contributed by atoms with Crippen molar-refractivity contribution in [2.24, 2.45) is 0 Å². The Labute approximate surface area is 112 Å². The molecule has 0 aliphatic heterocycles. The molecule has 0 bridgehead atoms. The van der Waals surface area contributed by atoms with Crippen LogP contribution in [-0.4, -0.2) is 9.97 Å². The number of nitrogen functional groups attached to an aromatic ring is 1. The van der Waals surface area contributed by atoms with E-state index in [-0.39, 0.29) is 5.82 Å². The molecule has 18 heavy (non-hydrogen) atoms. The molecule has 2 aromatic rings. The van der Waals surface area contributed by atoms with Crippen LogP contribution in [0.2, 0.25) is 0 Å². The molecule has 1 heterocycles. The molecular formula is C12H11BrFN3O. The highest BCUT2D eigenvalue weighted by Crippen LogP contribution is 2.28. The maximum Gasteiger partial charge on any atom is 0.227 e. The quantitative estimate of drug-likeness (QED) is 0.944. The van der Waals surface area contributed by atoms with E-state index in [1.807, 2.05) is 6.92 Å². The van der Waals surface area contributed by atoms with E-state index in [1.54, 1.807) is 6.07 Å². The van der Waals surface area contributed by atoms with Gasteiger partial charge in [0.05, 0.1) is 5.56 Å².